The molecular formula is C10H19NO2. The summed E-state index contributed by atoms with van der Waals surface area (Å²) in [6, 6.07) is 0. The molecule has 0 radical (unpaired) electrons. The number of carboxylic acid groups (broad SMARTS) is 1. The highest BCUT2D eigenvalue weighted by molar-refractivity contribution is 5.85. The van der Waals surface area contributed by atoms with E-state index in [2.05, 4.69) is 26.1 Å². The number of allylic oxidation sites excluding steroid dienone is 1. The van der Waals surface area contributed by atoms with Gasteiger partial charge in [-0.1, -0.05) is 26.8 Å². The molecule has 0 bridgehead atoms. The van der Waals surface area contributed by atoms with Crippen LogP contribution in [0, 0.1) is 5.41 Å². The van der Waals surface area contributed by atoms with E-state index >= 15 is 0 Å². The highest BCUT2D eigenvalue weighted by atomic mass is 16.4. The molecule has 0 saturated carbocycles. The summed E-state index contributed by atoms with van der Waals surface area (Å²) < 4.78 is 0. The molecule has 13 heavy (non-hydrogen) atoms. The predicted molar refractivity (Wildman–Crippen MR) is 53.5 cm³/mol. The number of carboxylic acids is 1. The van der Waals surface area contributed by atoms with Crippen molar-refractivity contribution < 1.29 is 9.90 Å². The van der Waals surface area contributed by atoms with Gasteiger partial charge in [-0.2, -0.15) is 0 Å². The number of hydrogen-bond donors (Lipinski definition) is 2. The van der Waals surface area contributed by atoms with Crippen LogP contribution in [0.4, 0.5) is 0 Å². The van der Waals surface area contributed by atoms with Crippen LogP contribution in [0.25, 0.3) is 0 Å². The molecule has 0 aromatic rings. The first kappa shape index (κ1) is 12.0. The normalized spacial score (nSPS) is 12.8. The zero-order chi connectivity index (χ0) is 10.5. The van der Waals surface area contributed by atoms with Crippen LogP contribution in [0.15, 0.2) is 11.8 Å². The molecule has 3 heteroatoms. The Morgan fingerprint density at radius 2 is 2.00 bits per heavy atom. The van der Waals surface area contributed by atoms with E-state index in [1.54, 1.807) is 6.08 Å². The van der Waals surface area contributed by atoms with E-state index in [9.17, 15) is 4.79 Å². The molecule has 0 atom stereocenters. The number of carbonyl (C=O) groups is 1. The van der Waals surface area contributed by atoms with E-state index in [1.807, 2.05) is 6.92 Å². The molecule has 3 nitrogen and oxygen atoms in total. The summed E-state index contributed by atoms with van der Waals surface area (Å²) in [6.45, 7) is 8.76. The molecule has 76 valence electrons. The Morgan fingerprint density at radius 3 is 2.31 bits per heavy atom. The van der Waals surface area contributed by atoms with Gasteiger partial charge in [0.25, 0.3) is 0 Å². The number of rotatable bonds is 4. The second kappa shape index (κ2) is 4.90. The number of likely N-dealkylation sites (N-methyl/N-ethyl adjacent to an activating group) is 1. The number of aliphatic carboxylic acids is 1. The summed E-state index contributed by atoms with van der Waals surface area (Å²) in [5, 5.41) is 11.6. The molecule has 0 rings (SSSR count). The summed E-state index contributed by atoms with van der Waals surface area (Å²) in [5.41, 5.74) is 0.438. The van der Waals surface area contributed by atoms with E-state index in [0.717, 1.165) is 6.42 Å². The van der Waals surface area contributed by atoms with Crippen LogP contribution in [0.2, 0.25) is 0 Å². The maximum atomic E-state index is 10.7. The zero-order valence-electron chi connectivity index (χ0n) is 8.85. The van der Waals surface area contributed by atoms with Gasteiger partial charge in [0.05, 0.1) is 0 Å². The van der Waals surface area contributed by atoms with Gasteiger partial charge >= 0.3 is 5.97 Å². The molecule has 0 spiro atoms. The lowest BCUT2D eigenvalue weighted by Crippen LogP contribution is -2.20. The Labute approximate surface area is 79.8 Å². The number of nitrogens with one attached hydrogen (secondary N) is 1. The monoisotopic (exact) mass is 185 g/mol. The minimum absolute atomic E-state index is 0.135. The standard InChI is InChI=1S/C10H19NO2/c1-5-11-8(9(12)13)6-7-10(2,3)4/h6,11H,5,7H2,1-4H3,(H,12,13)/b8-6-. The van der Waals surface area contributed by atoms with E-state index in [1.165, 1.54) is 0 Å². The quantitative estimate of drug-likeness (QED) is 0.659. The molecule has 0 unspecified atom stereocenters. The van der Waals surface area contributed by atoms with Crippen LogP contribution in [0.3, 0.4) is 0 Å². The van der Waals surface area contributed by atoms with Gasteiger partial charge in [-0.3, -0.25) is 0 Å². The van der Waals surface area contributed by atoms with Crippen molar-refractivity contribution in [2.75, 3.05) is 6.54 Å². The van der Waals surface area contributed by atoms with Crippen molar-refractivity contribution in [1.82, 2.24) is 5.32 Å². The van der Waals surface area contributed by atoms with Gasteiger partial charge in [-0.15, -0.1) is 0 Å². The maximum Gasteiger partial charge on any atom is 0.351 e. The smallest absolute Gasteiger partial charge is 0.351 e. The fraction of sp³-hybridized carbons (Fsp3) is 0.700. The third-order valence-electron chi connectivity index (χ3n) is 1.52. The SMILES string of the molecule is CCN/C(=C\CC(C)(C)C)C(=O)O. The van der Waals surface area contributed by atoms with Crippen molar-refractivity contribution in [3.8, 4) is 0 Å². The molecule has 2 N–H and O–H groups in total. The molecule has 0 aliphatic heterocycles. The van der Waals surface area contributed by atoms with E-state index < -0.39 is 5.97 Å². The summed E-state index contributed by atoms with van der Waals surface area (Å²) in [5.74, 6) is -0.883. The van der Waals surface area contributed by atoms with Crippen LogP contribution >= 0.6 is 0 Å². The molecule has 0 aromatic carbocycles. The number of hydrogen-bond acceptors (Lipinski definition) is 2. The largest absolute Gasteiger partial charge is 0.477 e. The maximum absolute atomic E-state index is 10.7. The lowest BCUT2D eigenvalue weighted by atomic mass is 9.92. The van der Waals surface area contributed by atoms with Crippen molar-refractivity contribution >= 4 is 5.97 Å². The summed E-state index contributed by atoms with van der Waals surface area (Å²) in [7, 11) is 0. The Morgan fingerprint density at radius 1 is 1.46 bits per heavy atom. The van der Waals surface area contributed by atoms with Crippen LogP contribution in [0.1, 0.15) is 34.1 Å². The zero-order valence-corrected chi connectivity index (χ0v) is 8.85. The van der Waals surface area contributed by atoms with Crippen molar-refractivity contribution in [2.24, 2.45) is 5.41 Å². The first-order valence-corrected chi connectivity index (χ1v) is 4.54. The highest BCUT2D eigenvalue weighted by Gasteiger charge is 2.11. The molecular weight excluding hydrogens is 166 g/mol. The fourth-order valence-corrected chi connectivity index (χ4v) is 0.834. The Balaban J connectivity index is 4.28. The third-order valence-corrected chi connectivity index (χ3v) is 1.52. The van der Waals surface area contributed by atoms with Crippen LogP contribution in [-0.2, 0) is 4.79 Å². The van der Waals surface area contributed by atoms with Gasteiger partial charge in [-0.05, 0) is 18.8 Å². The first-order valence-electron chi connectivity index (χ1n) is 4.54. The van der Waals surface area contributed by atoms with Gasteiger partial charge in [-0.25, -0.2) is 4.79 Å². The topological polar surface area (TPSA) is 49.3 Å². The van der Waals surface area contributed by atoms with Crippen LogP contribution in [0.5, 0.6) is 0 Å². The van der Waals surface area contributed by atoms with Crippen molar-refractivity contribution in [1.29, 1.82) is 0 Å². The lowest BCUT2D eigenvalue weighted by molar-refractivity contribution is -0.133. The van der Waals surface area contributed by atoms with Gasteiger partial charge in [0, 0.05) is 6.54 Å². The second-order valence-corrected chi connectivity index (χ2v) is 4.22. The third kappa shape index (κ3) is 6.20. The van der Waals surface area contributed by atoms with Gasteiger partial charge in [0.15, 0.2) is 0 Å². The minimum atomic E-state index is -0.883. The fourth-order valence-electron chi connectivity index (χ4n) is 0.834. The molecule has 0 heterocycles. The van der Waals surface area contributed by atoms with E-state index in [4.69, 9.17) is 5.11 Å². The average Bonchev–Trinajstić information content (AvgIpc) is 1.95. The Hall–Kier alpha value is -0.990. The Kier molecular flexibility index (Phi) is 4.52. The first-order chi connectivity index (χ1) is 5.87. The molecule has 0 aliphatic carbocycles. The lowest BCUT2D eigenvalue weighted by Gasteiger charge is -2.15. The molecule has 0 saturated heterocycles. The van der Waals surface area contributed by atoms with Crippen molar-refractivity contribution in [3.63, 3.8) is 0 Å². The van der Waals surface area contributed by atoms with Crippen molar-refractivity contribution in [2.45, 2.75) is 34.1 Å². The van der Waals surface area contributed by atoms with Crippen LogP contribution in [-0.4, -0.2) is 17.6 Å². The molecule has 0 aliphatic rings. The van der Waals surface area contributed by atoms with Gasteiger partial charge in [0.1, 0.15) is 5.70 Å². The molecule has 0 aromatic heterocycles. The van der Waals surface area contributed by atoms with Crippen molar-refractivity contribution in [3.05, 3.63) is 11.8 Å². The molecule has 0 fully saturated rings. The Bertz CT molecular complexity index is 201. The predicted octanol–water partition coefficient (Wildman–Crippen LogP) is 2.00. The summed E-state index contributed by atoms with van der Waals surface area (Å²) >= 11 is 0. The summed E-state index contributed by atoms with van der Waals surface area (Å²) in [6.07, 6.45) is 2.51. The van der Waals surface area contributed by atoms with Gasteiger partial charge in [0.2, 0.25) is 0 Å². The average molecular weight is 185 g/mol. The van der Waals surface area contributed by atoms with Gasteiger partial charge < -0.3 is 10.4 Å². The highest BCUT2D eigenvalue weighted by Crippen LogP contribution is 2.19. The summed E-state index contributed by atoms with van der Waals surface area (Å²) in [4.78, 5) is 10.7. The molecule has 0 amide bonds. The second-order valence-electron chi connectivity index (χ2n) is 4.22. The minimum Gasteiger partial charge on any atom is -0.477 e. The van der Waals surface area contributed by atoms with Crippen LogP contribution < -0.4 is 5.32 Å². The van der Waals surface area contributed by atoms with E-state index in [0.29, 0.717) is 12.2 Å². The van der Waals surface area contributed by atoms with E-state index in [-0.39, 0.29) is 5.41 Å².